The molecule has 3 N–H and O–H groups in total. The summed E-state index contributed by atoms with van der Waals surface area (Å²) >= 11 is 3.57. The number of likely N-dealkylation sites (tertiary alicyclic amines) is 1. The average molecular weight is 312 g/mol. The molecule has 1 aromatic rings. The van der Waals surface area contributed by atoms with Crippen LogP contribution >= 0.6 is 15.9 Å². The molecule has 0 spiro atoms. The Labute approximate surface area is 118 Å². The summed E-state index contributed by atoms with van der Waals surface area (Å²) in [6, 6.07) is 4.53. The molecule has 3 nitrogen and oxygen atoms in total. The molecule has 1 fully saturated rings. The summed E-state index contributed by atoms with van der Waals surface area (Å²) in [6.07, 6.45) is 2.69. The molecule has 1 aliphatic rings. The molecule has 1 aliphatic heterocycles. The molecule has 2 rings (SSSR count). The standard InChI is InChI=1S/C14H22BrN3/c1-10-7-14(12(15)8-13(10)16)17-11(2)9-18-5-3-4-6-18/h7-8,11,17H,3-6,9,16H2,1-2H3. The lowest BCUT2D eigenvalue weighted by Crippen LogP contribution is -2.33. The van der Waals surface area contributed by atoms with Gasteiger partial charge in [-0.15, -0.1) is 0 Å². The first kappa shape index (κ1) is 13.7. The van der Waals surface area contributed by atoms with Crippen LogP contribution in [0.1, 0.15) is 25.3 Å². The topological polar surface area (TPSA) is 41.3 Å². The van der Waals surface area contributed by atoms with E-state index in [-0.39, 0.29) is 0 Å². The van der Waals surface area contributed by atoms with Crippen molar-refractivity contribution in [1.82, 2.24) is 4.90 Å². The van der Waals surface area contributed by atoms with Crippen molar-refractivity contribution in [2.45, 2.75) is 32.7 Å². The normalized spacial score (nSPS) is 17.9. The van der Waals surface area contributed by atoms with Crippen LogP contribution in [0.15, 0.2) is 16.6 Å². The van der Waals surface area contributed by atoms with Crippen molar-refractivity contribution in [2.75, 3.05) is 30.7 Å². The lowest BCUT2D eigenvalue weighted by atomic mass is 10.1. The van der Waals surface area contributed by atoms with Crippen molar-refractivity contribution in [3.63, 3.8) is 0 Å². The van der Waals surface area contributed by atoms with E-state index in [1.807, 2.05) is 13.0 Å². The molecule has 4 heteroatoms. The monoisotopic (exact) mass is 311 g/mol. The molecule has 0 amide bonds. The number of hydrogen-bond acceptors (Lipinski definition) is 3. The summed E-state index contributed by atoms with van der Waals surface area (Å²) in [4.78, 5) is 2.52. The maximum atomic E-state index is 5.89. The van der Waals surface area contributed by atoms with E-state index in [1.54, 1.807) is 0 Å². The van der Waals surface area contributed by atoms with Crippen LogP contribution in [-0.4, -0.2) is 30.6 Å². The van der Waals surface area contributed by atoms with E-state index in [1.165, 1.54) is 25.9 Å². The number of nitrogens with zero attached hydrogens (tertiary/aromatic N) is 1. The highest BCUT2D eigenvalue weighted by molar-refractivity contribution is 9.10. The Balaban J connectivity index is 1.97. The van der Waals surface area contributed by atoms with E-state index in [2.05, 4.69) is 39.1 Å². The molecule has 1 heterocycles. The van der Waals surface area contributed by atoms with Gasteiger partial charge in [-0.2, -0.15) is 0 Å². The van der Waals surface area contributed by atoms with E-state index in [4.69, 9.17) is 5.73 Å². The molecule has 100 valence electrons. The van der Waals surface area contributed by atoms with Gasteiger partial charge in [0.1, 0.15) is 0 Å². The Morgan fingerprint density at radius 2 is 2.06 bits per heavy atom. The minimum absolute atomic E-state index is 0.447. The fourth-order valence-corrected chi connectivity index (χ4v) is 2.95. The first-order valence-electron chi connectivity index (χ1n) is 6.61. The number of aryl methyl sites for hydroxylation is 1. The fourth-order valence-electron chi connectivity index (χ4n) is 2.47. The van der Waals surface area contributed by atoms with E-state index in [0.717, 1.165) is 28.0 Å². The molecule has 0 aliphatic carbocycles. The number of benzene rings is 1. The number of nitrogens with one attached hydrogen (secondary N) is 1. The Morgan fingerprint density at radius 1 is 1.39 bits per heavy atom. The highest BCUT2D eigenvalue weighted by Crippen LogP contribution is 2.28. The van der Waals surface area contributed by atoms with Crippen molar-refractivity contribution < 1.29 is 0 Å². The molecule has 1 atom stereocenters. The van der Waals surface area contributed by atoms with Gasteiger partial charge >= 0.3 is 0 Å². The summed E-state index contributed by atoms with van der Waals surface area (Å²) in [5.41, 5.74) is 8.97. The predicted octanol–water partition coefficient (Wildman–Crippen LogP) is 3.24. The van der Waals surface area contributed by atoms with E-state index in [0.29, 0.717) is 6.04 Å². The number of nitrogens with two attached hydrogens (primary N) is 1. The lowest BCUT2D eigenvalue weighted by Gasteiger charge is -2.23. The van der Waals surface area contributed by atoms with Gasteiger partial charge in [-0.25, -0.2) is 0 Å². The molecule has 18 heavy (non-hydrogen) atoms. The zero-order chi connectivity index (χ0) is 13.1. The summed E-state index contributed by atoms with van der Waals surface area (Å²) in [6.45, 7) is 7.87. The Bertz CT molecular complexity index is 414. The summed E-state index contributed by atoms with van der Waals surface area (Å²) in [5, 5.41) is 3.56. The minimum atomic E-state index is 0.447. The molecular formula is C14H22BrN3. The van der Waals surface area contributed by atoms with Crippen molar-refractivity contribution in [1.29, 1.82) is 0 Å². The van der Waals surface area contributed by atoms with Gasteiger partial charge in [0, 0.05) is 28.4 Å². The molecule has 0 radical (unpaired) electrons. The molecule has 0 aromatic heterocycles. The third kappa shape index (κ3) is 3.39. The van der Waals surface area contributed by atoms with Crippen LogP contribution in [0.2, 0.25) is 0 Å². The number of hydrogen-bond donors (Lipinski definition) is 2. The van der Waals surface area contributed by atoms with Crippen molar-refractivity contribution in [3.05, 3.63) is 22.2 Å². The Morgan fingerprint density at radius 3 is 2.72 bits per heavy atom. The summed E-state index contributed by atoms with van der Waals surface area (Å²) in [7, 11) is 0. The smallest absolute Gasteiger partial charge is 0.0491 e. The predicted molar refractivity (Wildman–Crippen MR) is 82.1 cm³/mol. The van der Waals surface area contributed by atoms with E-state index >= 15 is 0 Å². The SMILES string of the molecule is Cc1cc(NC(C)CN2CCCC2)c(Br)cc1N. The molecule has 1 saturated heterocycles. The van der Waals surface area contributed by atoms with E-state index in [9.17, 15) is 0 Å². The highest BCUT2D eigenvalue weighted by atomic mass is 79.9. The quantitative estimate of drug-likeness (QED) is 0.839. The first-order chi connectivity index (χ1) is 8.56. The second kappa shape index (κ2) is 5.93. The first-order valence-corrected chi connectivity index (χ1v) is 7.40. The van der Waals surface area contributed by atoms with Crippen LogP contribution < -0.4 is 11.1 Å². The van der Waals surface area contributed by atoms with Gasteiger partial charge in [0.15, 0.2) is 0 Å². The second-order valence-electron chi connectivity index (χ2n) is 5.24. The second-order valence-corrected chi connectivity index (χ2v) is 6.10. The van der Waals surface area contributed by atoms with Gasteiger partial charge in [-0.05, 0) is 73.4 Å². The number of nitrogen functional groups attached to an aromatic ring is 1. The summed E-state index contributed by atoms with van der Waals surface area (Å²) in [5.74, 6) is 0. The Kier molecular flexibility index (Phi) is 4.51. The largest absolute Gasteiger partial charge is 0.398 e. The van der Waals surface area contributed by atoms with Crippen molar-refractivity contribution >= 4 is 27.3 Å². The third-order valence-electron chi connectivity index (χ3n) is 3.49. The van der Waals surface area contributed by atoms with Crippen LogP contribution in [0.5, 0.6) is 0 Å². The number of anilines is 2. The molecular weight excluding hydrogens is 290 g/mol. The maximum Gasteiger partial charge on any atom is 0.0491 e. The van der Waals surface area contributed by atoms with Gasteiger partial charge < -0.3 is 16.0 Å². The van der Waals surface area contributed by atoms with Gasteiger partial charge in [-0.1, -0.05) is 0 Å². The maximum absolute atomic E-state index is 5.89. The number of halogens is 1. The third-order valence-corrected chi connectivity index (χ3v) is 4.14. The van der Waals surface area contributed by atoms with Gasteiger partial charge in [0.25, 0.3) is 0 Å². The zero-order valence-electron chi connectivity index (χ0n) is 11.2. The molecule has 1 aromatic carbocycles. The van der Waals surface area contributed by atoms with Crippen LogP contribution in [0.3, 0.4) is 0 Å². The molecule has 0 saturated carbocycles. The van der Waals surface area contributed by atoms with E-state index < -0.39 is 0 Å². The Hall–Kier alpha value is -0.740. The van der Waals surface area contributed by atoms with Gasteiger partial charge in [-0.3, -0.25) is 0 Å². The minimum Gasteiger partial charge on any atom is -0.398 e. The van der Waals surface area contributed by atoms with Crippen LogP contribution in [0.25, 0.3) is 0 Å². The highest BCUT2D eigenvalue weighted by Gasteiger charge is 2.15. The van der Waals surface area contributed by atoms with Crippen molar-refractivity contribution in [2.24, 2.45) is 0 Å². The van der Waals surface area contributed by atoms with Crippen LogP contribution in [0.4, 0.5) is 11.4 Å². The lowest BCUT2D eigenvalue weighted by molar-refractivity contribution is 0.328. The van der Waals surface area contributed by atoms with Crippen LogP contribution in [0, 0.1) is 6.92 Å². The fraction of sp³-hybridized carbons (Fsp3) is 0.571. The zero-order valence-corrected chi connectivity index (χ0v) is 12.8. The molecule has 1 unspecified atom stereocenters. The number of rotatable bonds is 4. The van der Waals surface area contributed by atoms with Crippen molar-refractivity contribution in [3.8, 4) is 0 Å². The molecule has 0 bridgehead atoms. The average Bonchev–Trinajstić information content (AvgIpc) is 2.78. The van der Waals surface area contributed by atoms with Gasteiger partial charge in [0.2, 0.25) is 0 Å². The van der Waals surface area contributed by atoms with Gasteiger partial charge in [0.05, 0.1) is 0 Å². The summed E-state index contributed by atoms with van der Waals surface area (Å²) < 4.78 is 1.04. The van der Waals surface area contributed by atoms with Crippen LogP contribution in [-0.2, 0) is 0 Å².